The summed E-state index contributed by atoms with van der Waals surface area (Å²) in [5.41, 5.74) is 3.83. The van der Waals surface area contributed by atoms with Gasteiger partial charge in [-0.2, -0.15) is 0 Å². The van der Waals surface area contributed by atoms with Gasteiger partial charge in [-0.1, -0.05) is 39.0 Å². The zero-order valence-corrected chi connectivity index (χ0v) is 21.1. The fourth-order valence-corrected chi connectivity index (χ4v) is 4.21. The molecular weight excluding hydrogens is 448 g/mol. The molecular formula is C26H38N4O5. The number of hydrogen-bond donors (Lipinski definition) is 4. The highest BCUT2D eigenvalue weighted by atomic mass is 16.6. The van der Waals surface area contributed by atoms with E-state index < -0.39 is 12.1 Å². The minimum atomic E-state index is -0.805. The van der Waals surface area contributed by atoms with Gasteiger partial charge in [-0.25, -0.2) is 5.48 Å². The maximum atomic E-state index is 13.4. The van der Waals surface area contributed by atoms with E-state index in [-0.39, 0.29) is 35.5 Å². The van der Waals surface area contributed by atoms with Gasteiger partial charge < -0.3 is 25.2 Å². The Kier molecular flexibility index (Phi) is 9.42. The molecule has 2 unspecified atom stereocenters. The van der Waals surface area contributed by atoms with Crippen molar-refractivity contribution in [2.24, 2.45) is 11.3 Å². The van der Waals surface area contributed by atoms with Gasteiger partial charge in [0.1, 0.15) is 18.3 Å². The van der Waals surface area contributed by atoms with Gasteiger partial charge in [0.25, 0.3) is 5.91 Å². The SMILES string of the molecule is CCOCC(=O)C(CC1CCNOC1)NC(=O)[C@H](CC(C)(C)C)NC(=O)c1cc2ccccc2[nH]1. The number of para-hydroxylation sites is 1. The number of carbonyl (C=O) groups is 3. The highest BCUT2D eigenvalue weighted by Crippen LogP contribution is 2.22. The van der Waals surface area contributed by atoms with Crippen molar-refractivity contribution in [2.75, 3.05) is 26.4 Å². The molecule has 1 aromatic carbocycles. The summed E-state index contributed by atoms with van der Waals surface area (Å²) in [5.74, 6) is -0.798. The van der Waals surface area contributed by atoms with Crippen molar-refractivity contribution < 1.29 is 24.0 Å². The molecule has 4 N–H and O–H groups in total. The molecule has 0 radical (unpaired) electrons. The zero-order chi connectivity index (χ0) is 25.4. The highest BCUT2D eigenvalue weighted by Gasteiger charge is 2.32. The first-order valence-corrected chi connectivity index (χ1v) is 12.3. The van der Waals surface area contributed by atoms with Crippen molar-refractivity contribution in [3.05, 3.63) is 36.0 Å². The van der Waals surface area contributed by atoms with Crippen LogP contribution in [0.2, 0.25) is 0 Å². The van der Waals surface area contributed by atoms with E-state index in [0.717, 1.165) is 17.3 Å². The lowest BCUT2D eigenvalue weighted by Crippen LogP contribution is -2.54. The number of aromatic nitrogens is 1. The zero-order valence-electron chi connectivity index (χ0n) is 21.1. The number of rotatable bonds is 11. The molecule has 9 nitrogen and oxygen atoms in total. The second-order valence-electron chi connectivity index (χ2n) is 10.3. The predicted octanol–water partition coefficient (Wildman–Crippen LogP) is 2.72. The van der Waals surface area contributed by atoms with Crippen LogP contribution >= 0.6 is 0 Å². The molecule has 1 aromatic heterocycles. The van der Waals surface area contributed by atoms with E-state index in [1.54, 1.807) is 6.07 Å². The molecule has 192 valence electrons. The van der Waals surface area contributed by atoms with Gasteiger partial charge in [-0.3, -0.25) is 14.4 Å². The van der Waals surface area contributed by atoms with Crippen LogP contribution in [0.1, 0.15) is 57.4 Å². The third-order valence-electron chi connectivity index (χ3n) is 6.01. The summed E-state index contributed by atoms with van der Waals surface area (Å²) >= 11 is 0. The quantitative estimate of drug-likeness (QED) is 0.388. The van der Waals surface area contributed by atoms with E-state index in [2.05, 4.69) is 21.1 Å². The molecule has 1 fully saturated rings. The minimum Gasteiger partial charge on any atom is -0.374 e. The van der Waals surface area contributed by atoms with Crippen LogP contribution < -0.4 is 16.1 Å². The minimum absolute atomic E-state index is 0.0708. The number of ether oxygens (including phenoxy) is 1. The molecule has 0 spiro atoms. The summed E-state index contributed by atoms with van der Waals surface area (Å²) in [4.78, 5) is 47.8. The molecule has 3 rings (SSSR count). The van der Waals surface area contributed by atoms with Gasteiger partial charge in [0.15, 0.2) is 5.78 Å². The topological polar surface area (TPSA) is 122 Å². The first kappa shape index (κ1) is 26.8. The van der Waals surface area contributed by atoms with Crippen LogP contribution in [0.3, 0.4) is 0 Å². The average molecular weight is 487 g/mol. The van der Waals surface area contributed by atoms with Crippen molar-refractivity contribution in [2.45, 2.75) is 59.0 Å². The molecule has 0 aliphatic carbocycles. The first-order chi connectivity index (χ1) is 16.7. The lowest BCUT2D eigenvalue weighted by Gasteiger charge is -2.30. The van der Waals surface area contributed by atoms with Crippen LogP contribution in [-0.4, -0.2) is 61.0 Å². The Morgan fingerprint density at radius 2 is 1.94 bits per heavy atom. The van der Waals surface area contributed by atoms with Crippen molar-refractivity contribution >= 4 is 28.5 Å². The van der Waals surface area contributed by atoms with E-state index in [9.17, 15) is 14.4 Å². The summed E-state index contributed by atoms with van der Waals surface area (Å²) in [6.07, 6.45) is 1.71. The number of Topliss-reactive ketones (excluding diaryl/α,β-unsaturated/α-hetero) is 1. The number of benzene rings is 1. The molecule has 3 atom stereocenters. The number of ketones is 1. The van der Waals surface area contributed by atoms with Crippen LogP contribution in [-0.2, 0) is 19.2 Å². The maximum absolute atomic E-state index is 13.4. The summed E-state index contributed by atoms with van der Waals surface area (Å²) in [6.45, 7) is 9.34. The Morgan fingerprint density at radius 3 is 2.60 bits per heavy atom. The molecule has 2 amide bonds. The second kappa shape index (κ2) is 12.3. The average Bonchev–Trinajstić information content (AvgIpc) is 3.26. The summed E-state index contributed by atoms with van der Waals surface area (Å²) < 4.78 is 5.32. The molecule has 2 heterocycles. The number of nitrogens with one attached hydrogen (secondary N) is 4. The Hall–Kier alpha value is -2.75. The number of carbonyl (C=O) groups excluding carboxylic acids is 3. The van der Waals surface area contributed by atoms with Gasteiger partial charge in [0, 0.05) is 24.1 Å². The van der Waals surface area contributed by atoms with Crippen molar-refractivity contribution in [3.63, 3.8) is 0 Å². The molecule has 0 saturated carbocycles. The Balaban J connectivity index is 1.74. The van der Waals surface area contributed by atoms with Crippen molar-refractivity contribution in [1.29, 1.82) is 0 Å². The normalized spacial score (nSPS) is 18.1. The van der Waals surface area contributed by atoms with Crippen molar-refractivity contribution in [1.82, 2.24) is 21.1 Å². The van der Waals surface area contributed by atoms with Gasteiger partial charge in [0.05, 0.1) is 12.6 Å². The molecule has 9 heteroatoms. The smallest absolute Gasteiger partial charge is 0.268 e. The third-order valence-corrected chi connectivity index (χ3v) is 6.01. The van der Waals surface area contributed by atoms with Crippen LogP contribution in [0.25, 0.3) is 10.9 Å². The van der Waals surface area contributed by atoms with Gasteiger partial charge in [-0.15, -0.1) is 0 Å². The number of amides is 2. The number of hydroxylamine groups is 1. The first-order valence-electron chi connectivity index (χ1n) is 12.3. The largest absolute Gasteiger partial charge is 0.374 e. The Labute approximate surface area is 206 Å². The van der Waals surface area contributed by atoms with Crippen LogP contribution in [0.4, 0.5) is 0 Å². The van der Waals surface area contributed by atoms with E-state index in [0.29, 0.717) is 38.3 Å². The standard InChI is InChI=1S/C26H38N4O5/c1-5-34-16-23(31)20(12-17-10-11-27-35-15-17)29-25(33)22(14-26(2,3)4)30-24(32)21-13-18-8-6-7-9-19(18)28-21/h6-9,13,17,20,22,27-28H,5,10-12,14-16H2,1-4H3,(H,29,33)(H,30,32)/t17?,20?,22-/m0/s1. The number of aromatic amines is 1. The van der Waals surface area contributed by atoms with E-state index in [4.69, 9.17) is 9.57 Å². The third kappa shape index (κ3) is 8.16. The van der Waals surface area contributed by atoms with E-state index in [1.807, 2.05) is 52.0 Å². The predicted molar refractivity (Wildman–Crippen MR) is 134 cm³/mol. The Morgan fingerprint density at radius 1 is 1.17 bits per heavy atom. The molecule has 1 saturated heterocycles. The number of fused-ring (bicyclic) bond motifs is 1. The van der Waals surface area contributed by atoms with Crippen LogP contribution in [0.15, 0.2) is 30.3 Å². The lowest BCUT2D eigenvalue weighted by atomic mass is 9.87. The number of hydrogen-bond acceptors (Lipinski definition) is 6. The monoisotopic (exact) mass is 486 g/mol. The molecule has 2 aromatic rings. The maximum Gasteiger partial charge on any atom is 0.268 e. The van der Waals surface area contributed by atoms with Gasteiger partial charge >= 0.3 is 0 Å². The molecule has 0 bridgehead atoms. The summed E-state index contributed by atoms with van der Waals surface area (Å²) in [6, 6.07) is 7.85. The van der Waals surface area contributed by atoms with Crippen LogP contribution in [0, 0.1) is 11.3 Å². The van der Waals surface area contributed by atoms with Gasteiger partial charge in [-0.05, 0) is 49.7 Å². The Bertz CT molecular complexity index is 974. The molecule has 35 heavy (non-hydrogen) atoms. The molecule has 1 aliphatic heterocycles. The van der Waals surface area contributed by atoms with Gasteiger partial charge in [0.2, 0.25) is 5.91 Å². The second-order valence-corrected chi connectivity index (χ2v) is 10.3. The van der Waals surface area contributed by atoms with E-state index in [1.165, 1.54) is 0 Å². The van der Waals surface area contributed by atoms with Crippen molar-refractivity contribution in [3.8, 4) is 0 Å². The van der Waals surface area contributed by atoms with Crippen LogP contribution in [0.5, 0.6) is 0 Å². The highest BCUT2D eigenvalue weighted by molar-refractivity contribution is 6.00. The molecule has 1 aliphatic rings. The number of H-pyrrole nitrogens is 1. The lowest BCUT2D eigenvalue weighted by molar-refractivity contribution is -0.132. The fourth-order valence-electron chi connectivity index (χ4n) is 4.21. The summed E-state index contributed by atoms with van der Waals surface area (Å²) in [5, 5.41) is 6.71. The van der Waals surface area contributed by atoms with E-state index >= 15 is 0 Å². The summed E-state index contributed by atoms with van der Waals surface area (Å²) in [7, 11) is 0. The fraction of sp³-hybridized carbons (Fsp3) is 0.577.